The van der Waals surface area contributed by atoms with Gasteiger partial charge >= 0.3 is 0 Å². The van der Waals surface area contributed by atoms with Crippen molar-refractivity contribution in [2.75, 3.05) is 28.6 Å². The van der Waals surface area contributed by atoms with Crippen LogP contribution in [-0.4, -0.2) is 29.0 Å². The number of benzene rings is 2. The van der Waals surface area contributed by atoms with E-state index in [-0.39, 0.29) is 5.91 Å². The third-order valence-corrected chi connectivity index (χ3v) is 4.56. The largest absolute Gasteiger partial charge is 0.357 e. The highest BCUT2D eigenvalue weighted by molar-refractivity contribution is 6.02. The quantitative estimate of drug-likeness (QED) is 0.518. The SMILES string of the molecule is CCN(CC)c1cc(Nc2ccc(NC(=O)/C=C/c3ccccc3)cc2)nc(C)n1. The third kappa shape index (κ3) is 5.91. The van der Waals surface area contributed by atoms with Crippen LogP contribution in [0.5, 0.6) is 0 Å². The van der Waals surface area contributed by atoms with Crippen molar-refractivity contribution in [2.45, 2.75) is 20.8 Å². The van der Waals surface area contributed by atoms with Gasteiger partial charge in [0.2, 0.25) is 5.91 Å². The summed E-state index contributed by atoms with van der Waals surface area (Å²) in [6, 6.07) is 19.2. The smallest absolute Gasteiger partial charge is 0.248 e. The molecule has 0 aliphatic carbocycles. The van der Waals surface area contributed by atoms with Crippen molar-refractivity contribution in [1.82, 2.24) is 9.97 Å². The van der Waals surface area contributed by atoms with Crippen molar-refractivity contribution in [1.29, 1.82) is 0 Å². The van der Waals surface area contributed by atoms with E-state index < -0.39 is 0 Å². The predicted octanol–water partition coefficient (Wildman–Crippen LogP) is 5.03. The number of nitrogens with zero attached hydrogens (tertiary/aromatic N) is 3. The van der Waals surface area contributed by atoms with Crippen LogP contribution in [0.2, 0.25) is 0 Å². The summed E-state index contributed by atoms with van der Waals surface area (Å²) in [5.41, 5.74) is 2.60. The van der Waals surface area contributed by atoms with E-state index in [1.54, 1.807) is 6.08 Å². The van der Waals surface area contributed by atoms with Crippen LogP contribution in [-0.2, 0) is 4.79 Å². The Morgan fingerprint density at radius 3 is 2.30 bits per heavy atom. The van der Waals surface area contributed by atoms with Crippen molar-refractivity contribution in [3.05, 3.63) is 78.1 Å². The molecule has 6 heteroatoms. The second-order valence-electron chi connectivity index (χ2n) is 6.77. The molecule has 0 bridgehead atoms. The van der Waals surface area contributed by atoms with Gasteiger partial charge in [-0.3, -0.25) is 4.79 Å². The Hall–Kier alpha value is -3.67. The summed E-state index contributed by atoms with van der Waals surface area (Å²) in [5.74, 6) is 2.20. The molecule has 0 aliphatic heterocycles. The van der Waals surface area contributed by atoms with Crippen LogP contribution < -0.4 is 15.5 Å². The topological polar surface area (TPSA) is 70.2 Å². The van der Waals surface area contributed by atoms with Gasteiger partial charge in [0, 0.05) is 36.6 Å². The number of nitrogens with one attached hydrogen (secondary N) is 2. The summed E-state index contributed by atoms with van der Waals surface area (Å²) in [4.78, 5) is 23.3. The monoisotopic (exact) mass is 401 g/mol. The van der Waals surface area contributed by atoms with Gasteiger partial charge in [0.15, 0.2) is 0 Å². The van der Waals surface area contributed by atoms with Crippen molar-refractivity contribution in [2.24, 2.45) is 0 Å². The maximum atomic E-state index is 12.1. The summed E-state index contributed by atoms with van der Waals surface area (Å²) in [5, 5.41) is 6.18. The Morgan fingerprint density at radius 2 is 1.63 bits per heavy atom. The minimum Gasteiger partial charge on any atom is -0.357 e. The molecule has 3 aromatic rings. The number of rotatable bonds is 8. The molecule has 0 atom stereocenters. The summed E-state index contributed by atoms with van der Waals surface area (Å²) in [6.07, 6.45) is 3.32. The average molecular weight is 402 g/mol. The fraction of sp³-hybridized carbons (Fsp3) is 0.208. The highest BCUT2D eigenvalue weighted by Gasteiger charge is 2.08. The molecule has 2 aromatic carbocycles. The lowest BCUT2D eigenvalue weighted by molar-refractivity contribution is -0.111. The molecular weight excluding hydrogens is 374 g/mol. The second-order valence-corrected chi connectivity index (χ2v) is 6.77. The molecule has 1 heterocycles. The van der Waals surface area contributed by atoms with Crippen molar-refractivity contribution >= 4 is 35.0 Å². The van der Waals surface area contributed by atoms with Gasteiger partial charge in [0.25, 0.3) is 0 Å². The van der Waals surface area contributed by atoms with Gasteiger partial charge in [-0.15, -0.1) is 0 Å². The molecule has 2 N–H and O–H groups in total. The Kier molecular flexibility index (Phi) is 7.16. The van der Waals surface area contributed by atoms with Gasteiger partial charge in [0.1, 0.15) is 17.5 Å². The molecule has 0 radical (unpaired) electrons. The Balaban J connectivity index is 1.63. The van der Waals surface area contributed by atoms with Crippen molar-refractivity contribution in [3.63, 3.8) is 0 Å². The lowest BCUT2D eigenvalue weighted by Crippen LogP contribution is -2.23. The molecule has 1 aromatic heterocycles. The van der Waals surface area contributed by atoms with Crippen LogP contribution in [0.25, 0.3) is 6.08 Å². The van der Waals surface area contributed by atoms with E-state index in [0.29, 0.717) is 0 Å². The van der Waals surface area contributed by atoms with Gasteiger partial charge in [-0.25, -0.2) is 9.97 Å². The molecule has 30 heavy (non-hydrogen) atoms. The summed E-state index contributed by atoms with van der Waals surface area (Å²) in [7, 11) is 0. The predicted molar refractivity (Wildman–Crippen MR) is 124 cm³/mol. The Labute approximate surface area is 177 Å². The number of hydrogen-bond acceptors (Lipinski definition) is 5. The van der Waals surface area contributed by atoms with Crippen LogP contribution in [0.15, 0.2) is 66.7 Å². The first-order valence-electron chi connectivity index (χ1n) is 10.1. The maximum absolute atomic E-state index is 12.1. The zero-order valence-corrected chi connectivity index (χ0v) is 17.6. The molecule has 0 spiro atoms. The van der Waals surface area contributed by atoms with E-state index in [9.17, 15) is 4.79 Å². The first-order chi connectivity index (χ1) is 14.6. The number of amides is 1. The molecule has 6 nitrogen and oxygen atoms in total. The normalized spacial score (nSPS) is 10.8. The first kappa shape index (κ1) is 21.0. The zero-order chi connectivity index (χ0) is 21.3. The molecule has 1 amide bonds. The minimum atomic E-state index is -0.171. The molecule has 0 saturated heterocycles. The molecule has 0 unspecified atom stereocenters. The Morgan fingerprint density at radius 1 is 0.967 bits per heavy atom. The number of anilines is 4. The number of carbonyl (C=O) groups excluding carboxylic acids is 1. The Bertz CT molecular complexity index is 996. The zero-order valence-electron chi connectivity index (χ0n) is 17.6. The highest BCUT2D eigenvalue weighted by atomic mass is 16.1. The van der Waals surface area contributed by atoms with E-state index in [0.717, 1.165) is 47.5 Å². The second kappa shape index (κ2) is 10.2. The first-order valence-corrected chi connectivity index (χ1v) is 10.1. The maximum Gasteiger partial charge on any atom is 0.248 e. The van der Waals surface area contributed by atoms with E-state index >= 15 is 0 Å². The van der Waals surface area contributed by atoms with Crippen molar-refractivity contribution in [3.8, 4) is 0 Å². The summed E-state index contributed by atoms with van der Waals surface area (Å²) in [6.45, 7) is 7.88. The van der Waals surface area contributed by atoms with Crippen LogP contribution in [0, 0.1) is 6.92 Å². The van der Waals surface area contributed by atoms with Gasteiger partial charge in [-0.1, -0.05) is 30.3 Å². The molecular formula is C24H27N5O. The number of aryl methyl sites for hydroxylation is 1. The third-order valence-electron chi connectivity index (χ3n) is 4.56. The van der Waals surface area contributed by atoms with Crippen LogP contribution in [0.1, 0.15) is 25.2 Å². The molecule has 0 saturated carbocycles. The molecule has 154 valence electrons. The van der Waals surface area contributed by atoms with Crippen LogP contribution in [0.4, 0.5) is 23.0 Å². The highest BCUT2D eigenvalue weighted by Crippen LogP contribution is 2.21. The molecule has 3 rings (SSSR count). The standard InChI is InChI=1S/C24H27N5O/c1-4-29(5-2)23-17-22(25-18(3)26-23)27-20-12-14-21(15-13-20)28-24(30)16-11-19-9-7-6-8-10-19/h6-17H,4-5H2,1-3H3,(H,28,30)(H,25,26,27)/b16-11+. The van der Waals surface area contributed by atoms with E-state index in [1.165, 1.54) is 6.08 Å². The number of aromatic nitrogens is 2. The minimum absolute atomic E-state index is 0.171. The molecule has 0 aliphatic rings. The fourth-order valence-corrected chi connectivity index (χ4v) is 3.03. The van der Waals surface area contributed by atoms with Gasteiger partial charge in [-0.2, -0.15) is 0 Å². The van der Waals surface area contributed by atoms with E-state index in [1.807, 2.05) is 67.6 Å². The fourth-order valence-electron chi connectivity index (χ4n) is 3.03. The average Bonchev–Trinajstić information content (AvgIpc) is 2.75. The van der Waals surface area contributed by atoms with Crippen LogP contribution in [0.3, 0.4) is 0 Å². The number of hydrogen-bond donors (Lipinski definition) is 2. The van der Waals surface area contributed by atoms with Crippen molar-refractivity contribution < 1.29 is 4.79 Å². The van der Waals surface area contributed by atoms with Gasteiger partial charge in [0.05, 0.1) is 0 Å². The van der Waals surface area contributed by atoms with Crippen LogP contribution >= 0.6 is 0 Å². The lowest BCUT2D eigenvalue weighted by atomic mass is 10.2. The summed E-state index contributed by atoms with van der Waals surface area (Å²) >= 11 is 0. The van der Waals surface area contributed by atoms with Gasteiger partial charge < -0.3 is 15.5 Å². The van der Waals surface area contributed by atoms with E-state index in [4.69, 9.17) is 0 Å². The molecule has 0 fully saturated rings. The van der Waals surface area contributed by atoms with E-state index in [2.05, 4.69) is 39.3 Å². The van der Waals surface area contributed by atoms with Gasteiger partial charge in [-0.05, 0) is 56.7 Å². The summed E-state index contributed by atoms with van der Waals surface area (Å²) < 4.78 is 0. The lowest BCUT2D eigenvalue weighted by Gasteiger charge is -2.20. The number of carbonyl (C=O) groups is 1.